The zero-order chi connectivity index (χ0) is 16.5. The second-order valence-corrected chi connectivity index (χ2v) is 6.39. The van der Waals surface area contributed by atoms with E-state index in [1.807, 2.05) is 7.05 Å². The summed E-state index contributed by atoms with van der Waals surface area (Å²) in [5.41, 5.74) is 0. The number of piperazine rings is 1. The van der Waals surface area contributed by atoms with Gasteiger partial charge in [-0.3, -0.25) is 9.89 Å². The van der Waals surface area contributed by atoms with Gasteiger partial charge in [0.05, 0.1) is 6.10 Å². The molecule has 0 aromatic carbocycles. The average Bonchev–Trinajstić information content (AvgIpc) is 2.60. The second-order valence-electron chi connectivity index (χ2n) is 6.39. The molecule has 0 radical (unpaired) electrons. The lowest BCUT2D eigenvalue weighted by Crippen LogP contribution is -2.51. The lowest BCUT2D eigenvalue weighted by Gasteiger charge is -2.35. The van der Waals surface area contributed by atoms with Crippen LogP contribution >= 0.6 is 24.0 Å². The van der Waals surface area contributed by atoms with Crippen molar-refractivity contribution in [1.29, 1.82) is 0 Å². The van der Waals surface area contributed by atoms with Crippen molar-refractivity contribution in [2.75, 3.05) is 72.6 Å². The molecular formula is C17H36IN5O. The maximum atomic E-state index is 5.73. The van der Waals surface area contributed by atoms with Gasteiger partial charge in [-0.2, -0.15) is 0 Å². The van der Waals surface area contributed by atoms with E-state index in [1.165, 1.54) is 32.7 Å². The molecule has 2 fully saturated rings. The van der Waals surface area contributed by atoms with Crippen molar-refractivity contribution >= 4 is 29.9 Å². The van der Waals surface area contributed by atoms with Gasteiger partial charge in [0.25, 0.3) is 0 Å². The van der Waals surface area contributed by atoms with Crippen LogP contribution in [0, 0.1) is 0 Å². The fourth-order valence-corrected chi connectivity index (χ4v) is 3.46. The van der Waals surface area contributed by atoms with E-state index in [0.717, 1.165) is 51.6 Å². The normalized spacial score (nSPS) is 21.6. The summed E-state index contributed by atoms with van der Waals surface area (Å²) in [4.78, 5) is 11.9. The molecule has 2 aliphatic heterocycles. The monoisotopic (exact) mass is 453 g/mol. The van der Waals surface area contributed by atoms with Crippen LogP contribution in [0.25, 0.3) is 0 Å². The molecule has 0 saturated carbocycles. The Morgan fingerprint density at radius 3 is 2.21 bits per heavy atom. The number of piperidine rings is 1. The third-order valence-electron chi connectivity index (χ3n) is 4.98. The van der Waals surface area contributed by atoms with Crippen LogP contribution in [-0.2, 0) is 4.74 Å². The number of likely N-dealkylation sites (N-methyl/N-ethyl adjacent to an activating group) is 1. The van der Waals surface area contributed by atoms with Gasteiger partial charge in [0.1, 0.15) is 0 Å². The van der Waals surface area contributed by atoms with Gasteiger partial charge in [-0.15, -0.1) is 24.0 Å². The highest BCUT2D eigenvalue weighted by Crippen LogP contribution is 2.13. The molecule has 24 heavy (non-hydrogen) atoms. The van der Waals surface area contributed by atoms with Crippen molar-refractivity contribution in [3.05, 3.63) is 0 Å². The Hall–Kier alpha value is -0.120. The largest absolute Gasteiger partial charge is 0.378 e. The van der Waals surface area contributed by atoms with Gasteiger partial charge in [0.2, 0.25) is 0 Å². The van der Waals surface area contributed by atoms with Crippen molar-refractivity contribution in [3.63, 3.8) is 0 Å². The average molecular weight is 453 g/mol. The number of hydrogen-bond acceptors (Lipinski definition) is 4. The smallest absolute Gasteiger partial charge is 0.193 e. The number of aliphatic imine (C=N–C) groups is 1. The predicted molar refractivity (Wildman–Crippen MR) is 112 cm³/mol. The Morgan fingerprint density at radius 2 is 1.67 bits per heavy atom. The second kappa shape index (κ2) is 12.3. The third-order valence-corrected chi connectivity index (χ3v) is 4.98. The van der Waals surface area contributed by atoms with Crippen molar-refractivity contribution in [3.8, 4) is 0 Å². The maximum absolute atomic E-state index is 5.73. The van der Waals surface area contributed by atoms with Crippen LogP contribution in [0.5, 0.6) is 0 Å². The summed E-state index contributed by atoms with van der Waals surface area (Å²) in [6.07, 6.45) is 2.64. The quantitative estimate of drug-likeness (QED) is 0.374. The number of nitrogens with zero attached hydrogens (tertiary/aromatic N) is 4. The SMILES string of the molecule is CCOC1CCN(C(=NC)NCCN2CCN(CC)CC2)CC1.I. The summed E-state index contributed by atoms with van der Waals surface area (Å²) in [6.45, 7) is 15.3. The van der Waals surface area contributed by atoms with E-state index in [2.05, 4.69) is 38.9 Å². The van der Waals surface area contributed by atoms with Crippen molar-refractivity contribution in [2.45, 2.75) is 32.8 Å². The Balaban J connectivity index is 0.00000288. The van der Waals surface area contributed by atoms with Crippen LogP contribution < -0.4 is 5.32 Å². The molecule has 2 aliphatic rings. The number of guanidine groups is 1. The van der Waals surface area contributed by atoms with Crippen LogP contribution in [0.1, 0.15) is 26.7 Å². The Labute approximate surface area is 165 Å². The number of ether oxygens (including phenoxy) is 1. The van der Waals surface area contributed by atoms with Gasteiger partial charge in [-0.25, -0.2) is 0 Å². The van der Waals surface area contributed by atoms with Crippen LogP contribution in [0.3, 0.4) is 0 Å². The van der Waals surface area contributed by atoms with Crippen LogP contribution in [0.4, 0.5) is 0 Å². The van der Waals surface area contributed by atoms with Crippen LogP contribution in [0.2, 0.25) is 0 Å². The van der Waals surface area contributed by atoms with Gasteiger partial charge in [0, 0.05) is 66.0 Å². The number of halogens is 1. The van der Waals surface area contributed by atoms with Gasteiger partial charge in [-0.05, 0) is 26.3 Å². The van der Waals surface area contributed by atoms with Gasteiger partial charge in [-0.1, -0.05) is 6.92 Å². The molecule has 0 amide bonds. The first-order valence-corrected chi connectivity index (χ1v) is 9.28. The number of rotatable bonds is 6. The summed E-state index contributed by atoms with van der Waals surface area (Å²) in [6, 6.07) is 0. The Kier molecular flexibility index (Phi) is 11.2. The van der Waals surface area contributed by atoms with E-state index >= 15 is 0 Å². The molecule has 0 atom stereocenters. The molecule has 0 aromatic heterocycles. The molecule has 0 spiro atoms. The van der Waals surface area contributed by atoms with E-state index in [9.17, 15) is 0 Å². The first-order valence-electron chi connectivity index (χ1n) is 9.28. The standard InChI is InChI=1S/C17H35N5O.HI/c1-4-20-12-14-21(15-13-20)11-8-19-17(18-3)22-9-6-16(7-10-22)23-5-2;/h16H,4-15H2,1-3H3,(H,18,19);1H. The van der Waals surface area contributed by atoms with E-state index in [-0.39, 0.29) is 24.0 Å². The Bertz CT molecular complexity index is 353. The summed E-state index contributed by atoms with van der Waals surface area (Å²) in [5.74, 6) is 1.05. The fourth-order valence-electron chi connectivity index (χ4n) is 3.46. The minimum atomic E-state index is 0. The zero-order valence-electron chi connectivity index (χ0n) is 15.7. The molecule has 0 bridgehead atoms. The fraction of sp³-hybridized carbons (Fsp3) is 0.941. The minimum Gasteiger partial charge on any atom is -0.378 e. The molecule has 6 nitrogen and oxygen atoms in total. The van der Waals surface area contributed by atoms with E-state index in [0.29, 0.717) is 6.10 Å². The molecular weight excluding hydrogens is 417 g/mol. The Morgan fingerprint density at radius 1 is 1.04 bits per heavy atom. The van der Waals surface area contributed by atoms with Crippen molar-refractivity contribution in [1.82, 2.24) is 20.0 Å². The summed E-state index contributed by atoms with van der Waals surface area (Å²) in [7, 11) is 1.89. The maximum Gasteiger partial charge on any atom is 0.193 e. The lowest BCUT2D eigenvalue weighted by atomic mass is 10.1. The third kappa shape index (κ3) is 7.01. The molecule has 0 aliphatic carbocycles. The lowest BCUT2D eigenvalue weighted by molar-refractivity contribution is 0.0263. The van der Waals surface area contributed by atoms with Gasteiger partial charge < -0.3 is 19.9 Å². The van der Waals surface area contributed by atoms with Gasteiger partial charge in [0.15, 0.2) is 5.96 Å². The molecule has 0 unspecified atom stereocenters. The number of likely N-dealkylation sites (tertiary alicyclic amines) is 1. The highest BCUT2D eigenvalue weighted by atomic mass is 127. The van der Waals surface area contributed by atoms with Crippen molar-refractivity contribution in [2.24, 2.45) is 4.99 Å². The highest BCUT2D eigenvalue weighted by molar-refractivity contribution is 14.0. The van der Waals surface area contributed by atoms with Crippen molar-refractivity contribution < 1.29 is 4.74 Å². The number of nitrogens with one attached hydrogen (secondary N) is 1. The van der Waals surface area contributed by atoms with E-state index < -0.39 is 0 Å². The van der Waals surface area contributed by atoms with Crippen LogP contribution in [-0.4, -0.2) is 99.3 Å². The molecule has 1 N–H and O–H groups in total. The highest BCUT2D eigenvalue weighted by Gasteiger charge is 2.21. The summed E-state index contributed by atoms with van der Waals surface area (Å²) < 4.78 is 5.73. The summed E-state index contributed by atoms with van der Waals surface area (Å²) in [5, 5.41) is 3.54. The topological polar surface area (TPSA) is 43.3 Å². The summed E-state index contributed by atoms with van der Waals surface area (Å²) >= 11 is 0. The number of hydrogen-bond donors (Lipinski definition) is 1. The first kappa shape index (κ1) is 21.9. The first-order chi connectivity index (χ1) is 11.3. The van der Waals surface area contributed by atoms with E-state index in [4.69, 9.17) is 4.74 Å². The predicted octanol–water partition coefficient (Wildman–Crippen LogP) is 1.32. The molecule has 2 heterocycles. The molecule has 2 saturated heterocycles. The molecule has 0 aromatic rings. The van der Waals surface area contributed by atoms with Crippen LogP contribution in [0.15, 0.2) is 4.99 Å². The molecule has 7 heteroatoms. The molecule has 2 rings (SSSR count). The minimum absolute atomic E-state index is 0. The zero-order valence-corrected chi connectivity index (χ0v) is 18.0. The molecule has 142 valence electrons. The van der Waals surface area contributed by atoms with Gasteiger partial charge >= 0.3 is 0 Å². The van der Waals surface area contributed by atoms with E-state index in [1.54, 1.807) is 0 Å².